The second kappa shape index (κ2) is 7.86. The number of amides is 2. The highest BCUT2D eigenvalue weighted by Gasteiger charge is 2.55. The number of rotatable bonds is 7. The summed E-state index contributed by atoms with van der Waals surface area (Å²) in [5, 5.41) is 1.98. The van der Waals surface area contributed by atoms with Crippen LogP contribution >= 0.6 is 11.3 Å². The molecule has 4 nitrogen and oxygen atoms in total. The van der Waals surface area contributed by atoms with Gasteiger partial charge >= 0.3 is 0 Å². The van der Waals surface area contributed by atoms with Crippen molar-refractivity contribution in [2.24, 2.45) is 0 Å². The van der Waals surface area contributed by atoms with E-state index in [0.29, 0.717) is 5.56 Å². The van der Waals surface area contributed by atoms with Gasteiger partial charge in [-0.05, 0) is 41.7 Å². The van der Waals surface area contributed by atoms with Crippen molar-refractivity contribution in [1.82, 2.24) is 4.90 Å². The van der Waals surface area contributed by atoms with Crippen LogP contribution in [0.1, 0.15) is 42.0 Å². The number of hydrogen-bond donors (Lipinski definition) is 0. The van der Waals surface area contributed by atoms with Gasteiger partial charge in [-0.3, -0.25) is 14.5 Å². The van der Waals surface area contributed by atoms with E-state index in [0.717, 1.165) is 23.0 Å². The van der Waals surface area contributed by atoms with Crippen LogP contribution in [0.2, 0.25) is 18.1 Å². The van der Waals surface area contributed by atoms with Gasteiger partial charge < -0.3 is 4.43 Å². The second-order valence-corrected chi connectivity index (χ2v) is 12.3. The van der Waals surface area contributed by atoms with Crippen LogP contribution in [0.3, 0.4) is 0 Å². The Balaban J connectivity index is 1.90. The number of β-lactam (4-membered cyclic amide) rings is 1. The fraction of sp³-hybridized carbons (Fsp3) is 0.400. The molecule has 1 aromatic carbocycles. The summed E-state index contributed by atoms with van der Waals surface area (Å²) in [5.41, 5.74) is 0.533. The minimum atomic E-state index is -1.94. The third kappa shape index (κ3) is 3.29. The Bertz CT molecular complexity index is 750. The molecule has 1 aromatic heterocycles. The Morgan fingerprint density at radius 2 is 1.73 bits per heavy atom. The fourth-order valence-corrected chi connectivity index (χ4v) is 7.14. The minimum Gasteiger partial charge on any atom is -0.403 e. The van der Waals surface area contributed by atoms with E-state index < -0.39 is 14.4 Å². The summed E-state index contributed by atoms with van der Waals surface area (Å²) in [5.74, 6) is -0.449. The van der Waals surface area contributed by atoms with E-state index >= 15 is 0 Å². The molecule has 0 spiro atoms. The van der Waals surface area contributed by atoms with Crippen LogP contribution in [-0.4, -0.2) is 31.1 Å². The lowest BCUT2D eigenvalue weighted by Crippen LogP contribution is -2.64. The number of nitrogens with zero attached hydrogens (tertiary/aromatic N) is 1. The lowest BCUT2D eigenvalue weighted by atomic mass is 9.95. The number of hydrogen-bond acceptors (Lipinski definition) is 4. The first-order chi connectivity index (χ1) is 12.6. The van der Waals surface area contributed by atoms with Crippen LogP contribution < -0.4 is 0 Å². The molecule has 1 fully saturated rings. The van der Waals surface area contributed by atoms with Gasteiger partial charge in [-0.2, -0.15) is 0 Å². The zero-order valence-electron chi connectivity index (χ0n) is 15.5. The first-order valence-electron chi connectivity index (χ1n) is 9.20. The number of imide groups is 1. The number of thiophene rings is 1. The van der Waals surface area contributed by atoms with Crippen molar-refractivity contribution in [2.45, 2.75) is 51.0 Å². The van der Waals surface area contributed by atoms with Gasteiger partial charge in [-0.1, -0.05) is 45.0 Å². The Kier molecular flexibility index (Phi) is 5.75. The SMILES string of the molecule is CC[Si](CC)(CC)O[C@H]1C(=O)N(C(=O)c2ccccc2)[C@H]1c1cccs1. The molecular weight excluding hydrogens is 362 g/mol. The molecule has 0 bridgehead atoms. The lowest BCUT2D eigenvalue weighted by molar-refractivity contribution is -0.158. The summed E-state index contributed by atoms with van der Waals surface area (Å²) in [7, 11) is -1.94. The molecule has 2 amide bonds. The normalized spacial score (nSPS) is 20.1. The Morgan fingerprint density at radius 1 is 1.08 bits per heavy atom. The number of likely N-dealkylation sites (tertiary alicyclic amines) is 1. The highest BCUT2D eigenvalue weighted by molar-refractivity contribution is 7.10. The first-order valence-corrected chi connectivity index (χ1v) is 12.6. The summed E-state index contributed by atoms with van der Waals surface area (Å²) >= 11 is 1.57. The minimum absolute atomic E-state index is 0.204. The number of carbonyl (C=O) groups excluding carboxylic acids is 2. The molecule has 0 aliphatic carbocycles. The maximum absolute atomic E-state index is 12.9. The highest BCUT2D eigenvalue weighted by atomic mass is 32.1. The molecule has 2 atom stereocenters. The number of benzene rings is 1. The molecule has 26 heavy (non-hydrogen) atoms. The summed E-state index contributed by atoms with van der Waals surface area (Å²) in [6.07, 6.45) is -0.534. The average molecular weight is 388 g/mol. The molecule has 0 N–H and O–H groups in total. The molecule has 1 aliphatic heterocycles. The van der Waals surface area contributed by atoms with Gasteiger partial charge in [0.15, 0.2) is 14.4 Å². The van der Waals surface area contributed by atoms with E-state index in [1.54, 1.807) is 23.5 Å². The zero-order chi connectivity index (χ0) is 18.7. The van der Waals surface area contributed by atoms with Gasteiger partial charge in [0.05, 0.1) is 0 Å². The van der Waals surface area contributed by atoms with Crippen LogP contribution in [0.4, 0.5) is 0 Å². The van der Waals surface area contributed by atoms with E-state index in [2.05, 4.69) is 20.8 Å². The predicted octanol–water partition coefficient (Wildman–Crippen LogP) is 4.86. The maximum atomic E-state index is 12.9. The molecule has 6 heteroatoms. The van der Waals surface area contributed by atoms with Crippen molar-refractivity contribution in [3.05, 3.63) is 58.3 Å². The van der Waals surface area contributed by atoms with Crippen molar-refractivity contribution in [1.29, 1.82) is 0 Å². The van der Waals surface area contributed by atoms with Gasteiger partial charge in [0.2, 0.25) is 0 Å². The zero-order valence-corrected chi connectivity index (χ0v) is 17.3. The summed E-state index contributed by atoms with van der Waals surface area (Å²) in [6, 6.07) is 15.5. The van der Waals surface area contributed by atoms with Gasteiger partial charge in [-0.25, -0.2) is 0 Å². The maximum Gasteiger partial charge on any atom is 0.261 e. The molecule has 2 aromatic rings. The molecule has 3 rings (SSSR count). The van der Waals surface area contributed by atoms with Gasteiger partial charge in [0.1, 0.15) is 6.04 Å². The van der Waals surface area contributed by atoms with Crippen molar-refractivity contribution < 1.29 is 14.0 Å². The smallest absolute Gasteiger partial charge is 0.261 e. The van der Waals surface area contributed by atoms with E-state index in [-0.39, 0.29) is 17.9 Å². The molecule has 138 valence electrons. The highest BCUT2D eigenvalue weighted by Crippen LogP contribution is 2.42. The lowest BCUT2D eigenvalue weighted by Gasteiger charge is -2.48. The average Bonchev–Trinajstić information content (AvgIpc) is 3.21. The quantitative estimate of drug-likeness (QED) is 0.387. The monoisotopic (exact) mass is 387 g/mol. The van der Waals surface area contributed by atoms with E-state index in [4.69, 9.17) is 4.43 Å². The Hall–Kier alpha value is -1.76. The van der Waals surface area contributed by atoms with E-state index in [1.807, 2.05) is 35.7 Å². The van der Waals surface area contributed by atoms with Crippen molar-refractivity contribution in [3.63, 3.8) is 0 Å². The fourth-order valence-electron chi connectivity index (χ4n) is 3.53. The third-order valence-corrected chi connectivity index (χ3v) is 11.0. The molecule has 0 unspecified atom stereocenters. The first kappa shape index (κ1) is 19.0. The third-order valence-electron chi connectivity index (χ3n) is 5.43. The largest absolute Gasteiger partial charge is 0.403 e. The van der Waals surface area contributed by atoms with Gasteiger partial charge in [0.25, 0.3) is 11.8 Å². The van der Waals surface area contributed by atoms with Gasteiger partial charge in [-0.15, -0.1) is 11.3 Å². The summed E-state index contributed by atoms with van der Waals surface area (Å²) < 4.78 is 6.49. The van der Waals surface area contributed by atoms with Crippen LogP contribution in [0.15, 0.2) is 47.8 Å². The van der Waals surface area contributed by atoms with Crippen molar-refractivity contribution in [3.8, 4) is 0 Å². The van der Waals surface area contributed by atoms with Crippen LogP contribution in [-0.2, 0) is 9.22 Å². The van der Waals surface area contributed by atoms with Crippen LogP contribution in [0.25, 0.3) is 0 Å². The van der Waals surface area contributed by atoms with Crippen LogP contribution in [0.5, 0.6) is 0 Å². The summed E-state index contributed by atoms with van der Waals surface area (Å²) in [4.78, 5) is 28.2. The topological polar surface area (TPSA) is 46.6 Å². The van der Waals surface area contributed by atoms with E-state index in [1.165, 1.54) is 4.90 Å². The number of carbonyl (C=O) groups is 2. The molecule has 1 aliphatic rings. The molecule has 1 saturated heterocycles. The second-order valence-electron chi connectivity index (χ2n) is 6.62. The standard InChI is InChI=1S/C20H25NO3SSi/c1-4-26(5-2,6-3)24-18-17(16-13-10-14-25-16)21(20(18)23)19(22)15-11-8-7-9-12-15/h7-14,17-18H,4-6H2,1-3H3/t17-,18+/m0/s1. The van der Waals surface area contributed by atoms with Crippen LogP contribution in [0, 0.1) is 0 Å². The molecular formula is C20H25NO3SSi. The van der Waals surface area contributed by atoms with Gasteiger partial charge in [0, 0.05) is 10.4 Å². The molecule has 0 saturated carbocycles. The van der Waals surface area contributed by atoms with E-state index in [9.17, 15) is 9.59 Å². The molecule has 2 heterocycles. The Morgan fingerprint density at radius 3 is 2.27 bits per heavy atom. The van der Waals surface area contributed by atoms with Crippen molar-refractivity contribution in [2.75, 3.05) is 0 Å². The summed E-state index contributed by atoms with van der Waals surface area (Å²) in [6.45, 7) is 6.44. The Labute approximate surface area is 159 Å². The molecule has 0 radical (unpaired) electrons. The van der Waals surface area contributed by atoms with Crippen molar-refractivity contribution >= 4 is 31.5 Å². The predicted molar refractivity (Wildman–Crippen MR) is 107 cm³/mol.